The Kier molecular flexibility index (Phi) is 3.37. The second kappa shape index (κ2) is 4.89. The highest BCUT2D eigenvalue weighted by molar-refractivity contribution is 7.90. The lowest BCUT2D eigenvalue weighted by Crippen LogP contribution is -2.39. The zero-order valence-electron chi connectivity index (χ0n) is 10.7. The molecule has 104 valence electrons. The van der Waals surface area contributed by atoms with Crippen molar-refractivity contribution in [2.24, 2.45) is 0 Å². The molecule has 19 heavy (non-hydrogen) atoms. The van der Waals surface area contributed by atoms with Crippen molar-refractivity contribution in [2.75, 3.05) is 0 Å². The van der Waals surface area contributed by atoms with Crippen molar-refractivity contribution < 1.29 is 13.5 Å². The molecule has 0 aliphatic heterocycles. The second-order valence-electron chi connectivity index (χ2n) is 5.52. The fraction of sp³-hybridized carbons (Fsp3) is 0.571. The molecular weight excluding hydrogens is 262 g/mol. The number of hydrogen-bond acceptors (Lipinski definition) is 3. The average Bonchev–Trinajstić information content (AvgIpc) is 2.99. The van der Waals surface area contributed by atoms with Gasteiger partial charge in [0.05, 0.1) is 17.4 Å². The first-order chi connectivity index (χ1) is 9.08. The molecule has 4 nitrogen and oxygen atoms in total. The molecule has 1 aromatic rings. The van der Waals surface area contributed by atoms with E-state index in [1.165, 1.54) is 0 Å². The predicted molar refractivity (Wildman–Crippen MR) is 73.2 cm³/mol. The highest BCUT2D eigenvalue weighted by atomic mass is 32.2. The zero-order valence-corrected chi connectivity index (χ0v) is 11.6. The Hall–Kier alpha value is -0.910. The molecule has 0 spiro atoms. The zero-order chi connectivity index (χ0) is 13.5. The topological polar surface area (TPSA) is 66.4 Å². The van der Waals surface area contributed by atoms with Crippen LogP contribution in [-0.4, -0.2) is 24.9 Å². The minimum absolute atomic E-state index is 0.285. The minimum atomic E-state index is -3.33. The summed E-state index contributed by atoms with van der Waals surface area (Å²) in [4.78, 5) is 0. The smallest absolute Gasteiger partial charge is 0.215 e. The molecule has 0 heterocycles. The molecule has 0 aromatic heterocycles. The maximum atomic E-state index is 12.3. The summed E-state index contributed by atoms with van der Waals surface area (Å²) >= 11 is 0. The van der Waals surface area contributed by atoms with Crippen LogP contribution >= 0.6 is 0 Å². The number of sulfonamides is 1. The predicted octanol–water partition coefficient (Wildman–Crippen LogP) is 1.51. The Bertz CT molecular complexity index is 564. The van der Waals surface area contributed by atoms with E-state index in [0.717, 1.165) is 36.8 Å². The van der Waals surface area contributed by atoms with Crippen LogP contribution in [0.3, 0.4) is 0 Å². The number of benzene rings is 1. The molecule has 2 N–H and O–H groups in total. The molecule has 2 aliphatic carbocycles. The summed E-state index contributed by atoms with van der Waals surface area (Å²) in [5.74, 6) is 0. The maximum absolute atomic E-state index is 12.3. The number of fused-ring (bicyclic) bond motifs is 1. The van der Waals surface area contributed by atoms with Gasteiger partial charge in [-0.15, -0.1) is 0 Å². The molecule has 5 heteroatoms. The first-order valence-corrected chi connectivity index (χ1v) is 8.39. The van der Waals surface area contributed by atoms with E-state index in [1.54, 1.807) is 0 Å². The SMILES string of the molecule is O=S(=O)(N[C@@H]1c2ccccc2C[C@@H]1O)C1CCCC1. The van der Waals surface area contributed by atoms with Crippen molar-refractivity contribution >= 4 is 10.0 Å². The lowest BCUT2D eigenvalue weighted by molar-refractivity contribution is 0.151. The lowest BCUT2D eigenvalue weighted by atomic mass is 10.1. The van der Waals surface area contributed by atoms with Crippen molar-refractivity contribution in [3.63, 3.8) is 0 Å². The largest absolute Gasteiger partial charge is 0.391 e. The van der Waals surface area contributed by atoms with Gasteiger partial charge in [0.25, 0.3) is 0 Å². The van der Waals surface area contributed by atoms with Crippen molar-refractivity contribution in [3.05, 3.63) is 35.4 Å². The molecule has 0 amide bonds. The molecular formula is C14H19NO3S. The van der Waals surface area contributed by atoms with Gasteiger partial charge >= 0.3 is 0 Å². The van der Waals surface area contributed by atoms with Gasteiger partial charge in [-0.25, -0.2) is 13.1 Å². The highest BCUT2D eigenvalue weighted by Crippen LogP contribution is 2.33. The lowest BCUT2D eigenvalue weighted by Gasteiger charge is -2.20. The van der Waals surface area contributed by atoms with E-state index in [9.17, 15) is 13.5 Å². The normalized spacial score (nSPS) is 27.6. The van der Waals surface area contributed by atoms with Crippen LogP contribution in [0.1, 0.15) is 42.9 Å². The number of aliphatic hydroxyl groups is 1. The summed E-state index contributed by atoms with van der Waals surface area (Å²) in [6, 6.07) is 7.16. The van der Waals surface area contributed by atoms with Crippen LogP contribution in [0.5, 0.6) is 0 Å². The Morgan fingerprint density at radius 3 is 2.58 bits per heavy atom. The van der Waals surface area contributed by atoms with Gasteiger partial charge in [-0.1, -0.05) is 37.1 Å². The van der Waals surface area contributed by atoms with Crippen LogP contribution in [0.25, 0.3) is 0 Å². The van der Waals surface area contributed by atoms with Gasteiger partial charge in [-0.2, -0.15) is 0 Å². The van der Waals surface area contributed by atoms with Gasteiger partial charge in [0.15, 0.2) is 0 Å². The van der Waals surface area contributed by atoms with Crippen LogP contribution in [0.15, 0.2) is 24.3 Å². The van der Waals surface area contributed by atoms with Crippen LogP contribution < -0.4 is 4.72 Å². The molecule has 2 atom stereocenters. The van der Waals surface area contributed by atoms with Crippen LogP contribution in [-0.2, 0) is 16.4 Å². The van der Waals surface area contributed by atoms with Gasteiger partial charge < -0.3 is 5.11 Å². The molecule has 1 saturated carbocycles. The number of rotatable bonds is 3. The third kappa shape index (κ3) is 2.42. The Morgan fingerprint density at radius 1 is 1.16 bits per heavy atom. The number of nitrogens with one attached hydrogen (secondary N) is 1. The van der Waals surface area contributed by atoms with Gasteiger partial charge in [-0.05, 0) is 24.0 Å². The van der Waals surface area contributed by atoms with Crippen molar-refractivity contribution in [3.8, 4) is 0 Å². The molecule has 0 unspecified atom stereocenters. The second-order valence-corrected chi connectivity index (χ2v) is 7.51. The van der Waals surface area contributed by atoms with E-state index in [2.05, 4.69) is 4.72 Å². The molecule has 0 bridgehead atoms. The summed E-state index contributed by atoms with van der Waals surface area (Å²) in [6.07, 6.45) is 3.30. The van der Waals surface area contributed by atoms with Crippen LogP contribution in [0.4, 0.5) is 0 Å². The number of hydrogen-bond donors (Lipinski definition) is 2. The van der Waals surface area contributed by atoms with Crippen LogP contribution in [0, 0.1) is 0 Å². The van der Waals surface area contributed by atoms with E-state index < -0.39 is 22.2 Å². The third-order valence-electron chi connectivity index (χ3n) is 4.24. The monoisotopic (exact) mass is 281 g/mol. The fourth-order valence-corrected chi connectivity index (χ4v) is 4.97. The molecule has 1 aromatic carbocycles. The van der Waals surface area contributed by atoms with E-state index in [4.69, 9.17) is 0 Å². The van der Waals surface area contributed by atoms with Gasteiger partial charge in [0, 0.05) is 6.42 Å². The molecule has 0 saturated heterocycles. The summed E-state index contributed by atoms with van der Waals surface area (Å²) in [5.41, 5.74) is 1.95. The maximum Gasteiger partial charge on any atom is 0.215 e. The quantitative estimate of drug-likeness (QED) is 0.882. The first kappa shape index (κ1) is 13.1. The Morgan fingerprint density at radius 2 is 1.84 bits per heavy atom. The summed E-state index contributed by atoms with van der Waals surface area (Å²) in [7, 11) is -3.33. The van der Waals surface area contributed by atoms with E-state index in [1.807, 2.05) is 24.3 Å². The van der Waals surface area contributed by atoms with E-state index in [-0.39, 0.29) is 5.25 Å². The fourth-order valence-electron chi connectivity index (χ4n) is 3.19. The van der Waals surface area contributed by atoms with Gasteiger partial charge in [0.2, 0.25) is 10.0 Å². The standard InChI is InChI=1S/C14H19NO3S/c16-13-9-10-5-1-4-8-12(10)14(13)15-19(17,18)11-6-2-3-7-11/h1,4-5,8,11,13-16H,2-3,6-7,9H2/t13-,14+/m0/s1. The third-order valence-corrected chi connectivity index (χ3v) is 6.17. The van der Waals surface area contributed by atoms with Crippen molar-refractivity contribution in [1.82, 2.24) is 4.72 Å². The van der Waals surface area contributed by atoms with Gasteiger partial charge in [0.1, 0.15) is 0 Å². The summed E-state index contributed by atoms with van der Waals surface area (Å²) in [5, 5.41) is 9.80. The molecule has 2 aliphatic rings. The van der Waals surface area contributed by atoms with Crippen molar-refractivity contribution in [2.45, 2.75) is 49.5 Å². The van der Waals surface area contributed by atoms with Gasteiger partial charge in [-0.3, -0.25) is 0 Å². The summed E-state index contributed by atoms with van der Waals surface area (Å²) < 4.78 is 27.4. The Balaban J connectivity index is 1.83. The minimum Gasteiger partial charge on any atom is -0.391 e. The van der Waals surface area contributed by atoms with E-state index in [0.29, 0.717) is 6.42 Å². The van der Waals surface area contributed by atoms with E-state index >= 15 is 0 Å². The van der Waals surface area contributed by atoms with Crippen LogP contribution in [0.2, 0.25) is 0 Å². The van der Waals surface area contributed by atoms with Crippen molar-refractivity contribution in [1.29, 1.82) is 0 Å². The molecule has 0 radical (unpaired) electrons. The molecule has 1 fully saturated rings. The summed E-state index contributed by atoms with van der Waals surface area (Å²) in [6.45, 7) is 0. The molecule has 3 rings (SSSR count). The number of aliphatic hydroxyl groups excluding tert-OH is 1. The highest BCUT2D eigenvalue weighted by Gasteiger charge is 2.37. The Labute approximate surface area is 113 Å². The first-order valence-electron chi connectivity index (χ1n) is 6.85. The average molecular weight is 281 g/mol.